The Balaban J connectivity index is 3.01. The average Bonchev–Trinajstić information content (AvgIpc) is 2.45. The summed E-state index contributed by atoms with van der Waals surface area (Å²) in [7, 11) is 1.45. The number of carbonyl (C=O) groups is 1. The van der Waals surface area contributed by atoms with Crippen molar-refractivity contribution in [2.75, 3.05) is 17.8 Å². The van der Waals surface area contributed by atoms with Gasteiger partial charge in [0, 0.05) is 10.7 Å². The van der Waals surface area contributed by atoms with E-state index in [0.717, 1.165) is 6.42 Å². The highest BCUT2D eigenvalue weighted by Crippen LogP contribution is 2.30. The Hall–Kier alpha value is -0.750. The van der Waals surface area contributed by atoms with Crippen molar-refractivity contribution in [2.45, 2.75) is 18.9 Å². The Morgan fingerprint density at radius 2 is 2.05 bits per heavy atom. The molecule has 0 radical (unpaired) electrons. The molecule has 0 bridgehead atoms. The quantitative estimate of drug-likeness (QED) is 0.729. The van der Waals surface area contributed by atoms with Crippen LogP contribution in [-0.2, 0) is 0 Å². The summed E-state index contributed by atoms with van der Waals surface area (Å²) in [4.78, 5) is 12.3. The number of benzene rings is 1. The van der Waals surface area contributed by atoms with E-state index in [9.17, 15) is 9.90 Å². The number of para-hydroxylation sites is 1. The van der Waals surface area contributed by atoms with Crippen molar-refractivity contribution in [1.29, 1.82) is 0 Å². The van der Waals surface area contributed by atoms with Gasteiger partial charge in [-0.3, -0.25) is 4.79 Å². The van der Waals surface area contributed by atoms with Crippen molar-refractivity contribution >= 4 is 37.8 Å². The zero-order chi connectivity index (χ0) is 14.5. The lowest BCUT2D eigenvalue weighted by Crippen LogP contribution is -2.51. The molecule has 1 aromatic carbocycles. The first-order valence-electron chi connectivity index (χ1n) is 5.84. The van der Waals surface area contributed by atoms with Crippen LogP contribution in [0.25, 0.3) is 0 Å². The fraction of sp³-hybridized carbons (Fsp3) is 0.462. The monoisotopic (exact) mass is 393 g/mol. The van der Waals surface area contributed by atoms with Crippen molar-refractivity contribution < 1.29 is 14.6 Å². The molecular formula is C13H17Br2NO3. The van der Waals surface area contributed by atoms with Crippen LogP contribution in [-0.4, -0.2) is 34.3 Å². The van der Waals surface area contributed by atoms with Gasteiger partial charge in [-0.2, -0.15) is 0 Å². The Labute approximate surface area is 129 Å². The first-order chi connectivity index (χ1) is 9.03. The second-order valence-corrected chi connectivity index (χ2v) is 5.33. The van der Waals surface area contributed by atoms with Gasteiger partial charge in [0.05, 0.1) is 18.2 Å². The van der Waals surface area contributed by atoms with E-state index in [1.54, 1.807) is 18.2 Å². The highest BCUT2D eigenvalue weighted by Gasteiger charge is 2.29. The molecular weight excluding hydrogens is 378 g/mol. The summed E-state index contributed by atoms with van der Waals surface area (Å²) in [6, 6.07) is 4.84. The lowest BCUT2D eigenvalue weighted by Gasteiger charge is -2.30. The number of methoxy groups -OCH3 is 1. The number of rotatable bonds is 6. The Morgan fingerprint density at radius 1 is 1.42 bits per heavy atom. The molecule has 2 N–H and O–H groups in total. The lowest BCUT2D eigenvalue weighted by molar-refractivity contribution is 0.0912. The number of aromatic hydroxyl groups is 1. The molecule has 0 aliphatic carbocycles. The number of hydrogen-bond acceptors (Lipinski definition) is 3. The van der Waals surface area contributed by atoms with Crippen LogP contribution in [0.15, 0.2) is 18.2 Å². The van der Waals surface area contributed by atoms with Gasteiger partial charge in [0.1, 0.15) is 0 Å². The lowest BCUT2D eigenvalue weighted by atomic mass is 10.0. The second kappa shape index (κ2) is 7.14. The van der Waals surface area contributed by atoms with E-state index in [4.69, 9.17) is 4.74 Å². The van der Waals surface area contributed by atoms with Crippen LogP contribution in [0, 0.1) is 0 Å². The van der Waals surface area contributed by atoms with E-state index in [0.29, 0.717) is 10.7 Å². The second-order valence-electron chi connectivity index (χ2n) is 4.21. The Bertz CT molecular complexity index is 439. The molecule has 0 atom stereocenters. The van der Waals surface area contributed by atoms with Gasteiger partial charge in [-0.1, -0.05) is 44.8 Å². The topological polar surface area (TPSA) is 58.6 Å². The third kappa shape index (κ3) is 3.63. The summed E-state index contributed by atoms with van der Waals surface area (Å²) in [5.74, 6) is -0.179. The fourth-order valence-electron chi connectivity index (χ4n) is 1.56. The summed E-state index contributed by atoms with van der Waals surface area (Å²) >= 11 is 6.82. The molecule has 0 fully saturated rings. The molecule has 0 unspecified atom stereocenters. The predicted octanol–water partition coefficient (Wildman–Crippen LogP) is 3.07. The number of hydrogen-bond donors (Lipinski definition) is 2. The third-order valence-corrected chi connectivity index (χ3v) is 5.18. The number of halogens is 2. The number of amides is 1. The molecule has 0 aliphatic heterocycles. The maximum Gasteiger partial charge on any atom is 0.255 e. The zero-order valence-electron chi connectivity index (χ0n) is 10.9. The molecule has 4 nitrogen and oxygen atoms in total. The summed E-state index contributed by atoms with van der Waals surface area (Å²) < 4.78 is 5.00. The molecule has 0 heterocycles. The number of alkyl halides is 2. The maximum absolute atomic E-state index is 12.3. The molecule has 0 saturated carbocycles. The molecule has 6 heteroatoms. The van der Waals surface area contributed by atoms with Crippen LogP contribution in [0.1, 0.15) is 23.7 Å². The van der Waals surface area contributed by atoms with Gasteiger partial charge >= 0.3 is 0 Å². The number of phenolic OH excluding ortho intramolecular Hbond substituents is 1. The number of ether oxygens (including phenoxy) is 1. The van der Waals surface area contributed by atoms with Crippen LogP contribution in [0.5, 0.6) is 11.5 Å². The van der Waals surface area contributed by atoms with Crippen LogP contribution >= 0.6 is 31.9 Å². The smallest absolute Gasteiger partial charge is 0.255 e. The highest BCUT2D eigenvalue weighted by molar-refractivity contribution is 9.09. The van der Waals surface area contributed by atoms with Gasteiger partial charge in [-0.25, -0.2) is 0 Å². The van der Waals surface area contributed by atoms with Crippen molar-refractivity contribution in [2.24, 2.45) is 0 Å². The fourth-order valence-corrected chi connectivity index (χ4v) is 3.56. The maximum atomic E-state index is 12.3. The van der Waals surface area contributed by atoms with Crippen molar-refractivity contribution in [3.05, 3.63) is 23.8 Å². The summed E-state index contributed by atoms with van der Waals surface area (Å²) in [5.41, 5.74) is -0.175. The predicted molar refractivity (Wildman–Crippen MR) is 82.7 cm³/mol. The van der Waals surface area contributed by atoms with E-state index in [1.807, 2.05) is 6.92 Å². The van der Waals surface area contributed by atoms with E-state index in [2.05, 4.69) is 37.2 Å². The van der Waals surface area contributed by atoms with Gasteiger partial charge in [-0.15, -0.1) is 0 Å². The number of phenols is 1. The van der Waals surface area contributed by atoms with E-state index < -0.39 is 0 Å². The van der Waals surface area contributed by atoms with Crippen molar-refractivity contribution in [3.63, 3.8) is 0 Å². The SMILES string of the molecule is CCC(CBr)(CBr)NC(=O)c1cccc(OC)c1O. The Kier molecular flexibility index (Phi) is 6.13. The molecule has 0 aromatic heterocycles. The standard InChI is InChI=1S/C13H17Br2NO3/c1-3-13(7-14,8-15)16-12(18)9-5-4-6-10(19-2)11(9)17/h4-6,17H,3,7-8H2,1-2H3,(H,16,18). The van der Waals surface area contributed by atoms with E-state index in [1.165, 1.54) is 7.11 Å². The van der Waals surface area contributed by atoms with Gasteiger partial charge in [0.25, 0.3) is 5.91 Å². The average molecular weight is 395 g/mol. The summed E-state index contributed by atoms with van der Waals surface area (Å²) in [6.07, 6.45) is 0.764. The van der Waals surface area contributed by atoms with Gasteiger partial charge in [-0.05, 0) is 18.6 Å². The van der Waals surface area contributed by atoms with Crippen LogP contribution in [0.4, 0.5) is 0 Å². The minimum atomic E-state index is -0.382. The Morgan fingerprint density at radius 3 is 2.53 bits per heavy atom. The highest BCUT2D eigenvalue weighted by atomic mass is 79.9. The molecule has 19 heavy (non-hydrogen) atoms. The normalized spacial score (nSPS) is 11.2. The molecule has 1 rings (SSSR count). The van der Waals surface area contributed by atoms with Gasteiger partial charge in [0.2, 0.25) is 0 Å². The number of carbonyl (C=O) groups excluding carboxylic acids is 1. The summed E-state index contributed by atoms with van der Waals surface area (Å²) in [5, 5.41) is 14.2. The first-order valence-corrected chi connectivity index (χ1v) is 8.08. The number of nitrogens with one attached hydrogen (secondary N) is 1. The van der Waals surface area contributed by atoms with E-state index >= 15 is 0 Å². The molecule has 1 amide bonds. The molecule has 0 aliphatic rings. The van der Waals surface area contributed by atoms with Crippen molar-refractivity contribution in [1.82, 2.24) is 5.32 Å². The molecule has 0 saturated heterocycles. The molecule has 0 spiro atoms. The summed E-state index contributed by atoms with van der Waals surface area (Å²) in [6.45, 7) is 1.99. The molecule has 1 aromatic rings. The van der Waals surface area contributed by atoms with Crippen LogP contribution in [0.2, 0.25) is 0 Å². The minimum Gasteiger partial charge on any atom is -0.504 e. The van der Waals surface area contributed by atoms with Crippen LogP contribution in [0.3, 0.4) is 0 Å². The van der Waals surface area contributed by atoms with E-state index in [-0.39, 0.29) is 28.5 Å². The largest absolute Gasteiger partial charge is 0.504 e. The van der Waals surface area contributed by atoms with Gasteiger partial charge in [0.15, 0.2) is 11.5 Å². The third-order valence-electron chi connectivity index (χ3n) is 3.03. The first kappa shape index (κ1) is 16.3. The molecule has 106 valence electrons. The zero-order valence-corrected chi connectivity index (χ0v) is 14.0. The van der Waals surface area contributed by atoms with Crippen LogP contribution < -0.4 is 10.1 Å². The van der Waals surface area contributed by atoms with Crippen molar-refractivity contribution in [3.8, 4) is 11.5 Å². The van der Waals surface area contributed by atoms with Gasteiger partial charge < -0.3 is 15.2 Å². The minimum absolute atomic E-state index is 0.142.